The molecule has 4 N–H and O–H groups in total. The van der Waals surface area contributed by atoms with Gasteiger partial charge in [0, 0.05) is 23.7 Å². The van der Waals surface area contributed by atoms with Crippen LogP contribution in [-0.2, 0) is 24.9 Å². The number of amides is 4. The summed E-state index contributed by atoms with van der Waals surface area (Å²) in [5.74, 6) is -1.89. The monoisotopic (exact) mass is 668 g/mol. The number of ether oxygens (including phenoxy) is 2. The molecule has 0 aliphatic heterocycles. The van der Waals surface area contributed by atoms with Crippen molar-refractivity contribution >= 4 is 45.7 Å². The third-order valence-electron chi connectivity index (χ3n) is 6.58. The first kappa shape index (κ1) is 37.9. The topological polar surface area (TPSA) is 190 Å². The summed E-state index contributed by atoms with van der Waals surface area (Å²) in [5.41, 5.74) is 2.46. The number of carboxylic acids is 1. The molecule has 0 saturated carbocycles. The molecule has 0 saturated heterocycles. The lowest BCUT2D eigenvalue weighted by molar-refractivity contribution is -0.138. The molecule has 4 amide bonds. The molecule has 3 rings (SSSR count). The maximum Gasteiger partial charge on any atom is 0.360 e. The third-order valence-corrected chi connectivity index (χ3v) is 6.90. The Hall–Kier alpha value is -5.24. The number of aliphatic carboxylic acids is 1. The Morgan fingerprint density at radius 1 is 0.830 bits per heavy atom. The van der Waals surface area contributed by atoms with Crippen LogP contribution in [0.1, 0.15) is 50.3 Å². The number of hydrogen-bond donors (Lipinski definition) is 4. The van der Waals surface area contributed by atoms with Gasteiger partial charge in [-0.1, -0.05) is 60.2 Å². The Morgan fingerprint density at radius 3 is 1.91 bits per heavy atom. The summed E-state index contributed by atoms with van der Waals surface area (Å²) in [4.78, 5) is 49.1. The second kappa shape index (κ2) is 19.3. The number of nitrogens with zero attached hydrogens (tertiary/aromatic N) is 1. The van der Waals surface area contributed by atoms with E-state index in [-0.39, 0.29) is 24.4 Å². The van der Waals surface area contributed by atoms with Crippen LogP contribution in [0, 0.1) is 18.8 Å². The van der Waals surface area contributed by atoms with Crippen molar-refractivity contribution in [2.75, 3.05) is 24.9 Å². The number of carboxylic acid groups (broad SMARTS) is 1. The van der Waals surface area contributed by atoms with Crippen LogP contribution in [0.5, 0.6) is 11.5 Å². The van der Waals surface area contributed by atoms with Gasteiger partial charge in [-0.05, 0) is 61.2 Å². The van der Waals surface area contributed by atoms with Crippen molar-refractivity contribution in [3.63, 3.8) is 0 Å². The highest BCUT2D eigenvalue weighted by Gasteiger charge is 2.27. The highest BCUT2D eigenvalue weighted by atomic mass is 32.2. The van der Waals surface area contributed by atoms with Crippen LogP contribution in [0.4, 0.5) is 16.2 Å². The molecule has 3 aromatic carbocycles. The molecule has 3 aromatic rings. The number of urea groups is 1. The second-order valence-corrected chi connectivity index (χ2v) is 11.4. The van der Waals surface area contributed by atoms with Gasteiger partial charge in [0.1, 0.15) is 0 Å². The van der Waals surface area contributed by atoms with Gasteiger partial charge in [-0.25, -0.2) is 4.79 Å². The first-order valence-electron chi connectivity index (χ1n) is 14.6. The van der Waals surface area contributed by atoms with Crippen molar-refractivity contribution in [2.24, 2.45) is 16.2 Å². The maximum absolute atomic E-state index is 13.3. The molecular formula is C33H40N4O9S. The van der Waals surface area contributed by atoms with Crippen molar-refractivity contribution in [2.45, 2.75) is 46.1 Å². The quantitative estimate of drug-likeness (QED) is 0.179. The molecule has 0 heterocycles. The van der Waals surface area contributed by atoms with Gasteiger partial charge in [-0.2, -0.15) is 8.42 Å². The van der Waals surface area contributed by atoms with E-state index in [2.05, 4.69) is 39.4 Å². The highest BCUT2D eigenvalue weighted by Crippen LogP contribution is 2.31. The number of methoxy groups -OCH3 is 2. The molecule has 0 aliphatic rings. The molecule has 252 valence electrons. The van der Waals surface area contributed by atoms with Crippen molar-refractivity contribution < 1.29 is 42.2 Å². The second-order valence-electron chi connectivity index (χ2n) is 10.8. The van der Waals surface area contributed by atoms with Crippen molar-refractivity contribution in [3.8, 4) is 11.5 Å². The zero-order valence-corrected chi connectivity index (χ0v) is 27.7. The zero-order valence-electron chi connectivity index (χ0n) is 26.9. The van der Waals surface area contributed by atoms with Gasteiger partial charge >= 0.3 is 22.5 Å². The first-order valence-corrected chi connectivity index (χ1v) is 15.6. The fourth-order valence-electron chi connectivity index (χ4n) is 4.46. The average molecular weight is 669 g/mol. The molecule has 0 aromatic heterocycles. The minimum absolute atomic E-state index is 0.0688. The molecule has 0 fully saturated rings. The molecule has 0 spiro atoms. The first-order chi connectivity index (χ1) is 22.3. The summed E-state index contributed by atoms with van der Waals surface area (Å²) in [6.07, 6.45) is -0.175. The summed E-state index contributed by atoms with van der Waals surface area (Å²) < 4.78 is 34.3. The zero-order chi connectivity index (χ0) is 34.9. The highest BCUT2D eigenvalue weighted by molar-refractivity contribution is 7.62. The molecule has 47 heavy (non-hydrogen) atoms. The van der Waals surface area contributed by atoms with Gasteiger partial charge in [0.2, 0.25) is 11.8 Å². The SMILES string of the molecule is COc1ccc(C(CC(=O)O)NC(=O)C(CC(=O)Nc2ccc(NC(=O)N=S(=O)=O)cc2)CC(C)C)cc1OC.Cc1ccccc1. The molecular weight excluding hydrogens is 628 g/mol. The smallest absolute Gasteiger partial charge is 0.360 e. The number of carbonyl (C=O) groups is 4. The number of hydrogen-bond acceptors (Lipinski definition) is 8. The van der Waals surface area contributed by atoms with E-state index in [1.54, 1.807) is 18.2 Å². The number of rotatable bonds is 13. The summed E-state index contributed by atoms with van der Waals surface area (Å²) >= 11 is 0. The van der Waals surface area contributed by atoms with E-state index < -0.39 is 46.3 Å². The van der Waals surface area contributed by atoms with E-state index >= 15 is 0 Å². The molecule has 14 heteroatoms. The standard InChI is InChI=1S/C26H32N4O9S.C7H8/c1-15(2)11-17(13-23(31)27-18-6-8-19(9-7-18)28-26(35)30-40(36)37)25(34)29-20(14-24(32)33)16-5-10-21(38-3)22(12-16)39-4;1-7-5-3-2-4-6-7/h5-10,12,15,17,20H,11,13-14H2,1-4H3,(H,27,31)(H,28,35)(H,29,34)(H,32,33);2-6H,1H3. The number of carbonyl (C=O) groups excluding carboxylic acids is 3. The van der Waals surface area contributed by atoms with Gasteiger partial charge in [-0.3, -0.25) is 14.4 Å². The predicted molar refractivity (Wildman–Crippen MR) is 177 cm³/mol. The fourth-order valence-corrected chi connectivity index (χ4v) is 4.64. The van der Waals surface area contributed by atoms with Crippen molar-refractivity contribution in [3.05, 3.63) is 83.9 Å². The van der Waals surface area contributed by atoms with E-state index in [1.165, 1.54) is 44.0 Å². The van der Waals surface area contributed by atoms with E-state index in [4.69, 9.17) is 9.47 Å². The number of nitrogens with one attached hydrogen (secondary N) is 3. The summed E-state index contributed by atoms with van der Waals surface area (Å²) in [6.45, 7) is 5.89. The molecule has 0 bridgehead atoms. The van der Waals surface area contributed by atoms with E-state index in [1.807, 2.05) is 32.0 Å². The average Bonchev–Trinajstić information content (AvgIpc) is 3.00. The lowest BCUT2D eigenvalue weighted by Gasteiger charge is -2.24. The van der Waals surface area contributed by atoms with Gasteiger partial charge in [0.05, 0.1) is 26.7 Å². The molecule has 13 nitrogen and oxygen atoms in total. The molecule has 2 unspecified atom stereocenters. The Morgan fingerprint density at radius 2 is 1.43 bits per heavy atom. The lowest BCUT2D eigenvalue weighted by atomic mass is 9.92. The number of benzene rings is 3. The third kappa shape index (κ3) is 14.2. The largest absolute Gasteiger partial charge is 0.493 e. The molecule has 2 atom stereocenters. The van der Waals surface area contributed by atoms with Crippen LogP contribution in [0.2, 0.25) is 0 Å². The van der Waals surface area contributed by atoms with Crippen LogP contribution in [0.3, 0.4) is 0 Å². The van der Waals surface area contributed by atoms with Crippen LogP contribution in [-0.4, -0.2) is 51.6 Å². The normalized spacial score (nSPS) is 11.5. The lowest BCUT2D eigenvalue weighted by Crippen LogP contribution is -2.37. The maximum atomic E-state index is 13.3. The number of aryl methyl sites for hydroxylation is 1. The minimum Gasteiger partial charge on any atom is -0.493 e. The Labute approximate surface area is 275 Å². The molecule has 0 radical (unpaired) electrons. The molecule has 0 aliphatic carbocycles. The predicted octanol–water partition coefficient (Wildman–Crippen LogP) is 5.62. The summed E-state index contributed by atoms with van der Waals surface area (Å²) in [5, 5.41) is 17.2. The fraction of sp³-hybridized carbons (Fsp3) is 0.333. The van der Waals surface area contributed by atoms with Gasteiger partial charge in [0.25, 0.3) is 0 Å². The minimum atomic E-state index is -2.88. The summed E-state index contributed by atoms with van der Waals surface area (Å²) in [7, 11) is 0.0340. The number of anilines is 2. The van der Waals surface area contributed by atoms with Gasteiger partial charge in [-0.15, -0.1) is 0 Å². The van der Waals surface area contributed by atoms with Crippen LogP contribution >= 0.6 is 0 Å². The Kier molecular flexibility index (Phi) is 15.6. The van der Waals surface area contributed by atoms with Gasteiger partial charge in [0.15, 0.2) is 11.5 Å². The van der Waals surface area contributed by atoms with Gasteiger partial charge < -0.3 is 30.5 Å². The summed E-state index contributed by atoms with van der Waals surface area (Å²) in [6, 6.07) is 19.0. The van der Waals surface area contributed by atoms with Crippen LogP contribution in [0.25, 0.3) is 0 Å². The van der Waals surface area contributed by atoms with Crippen LogP contribution < -0.4 is 25.4 Å². The van der Waals surface area contributed by atoms with E-state index in [0.717, 1.165) is 0 Å². The van der Waals surface area contributed by atoms with E-state index in [9.17, 15) is 32.7 Å². The van der Waals surface area contributed by atoms with Crippen LogP contribution in [0.15, 0.2) is 77.2 Å². The van der Waals surface area contributed by atoms with Crippen molar-refractivity contribution in [1.29, 1.82) is 0 Å². The Bertz CT molecular complexity index is 1640. The van der Waals surface area contributed by atoms with Crippen molar-refractivity contribution in [1.82, 2.24) is 5.32 Å². The van der Waals surface area contributed by atoms with E-state index in [0.29, 0.717) is 29.2 Å². The Balaban J connectivity index is 0.000000965.